The molecule has 1 aromatic rings. The molecule has 2 atom stereocenters. The summed E-state index contributed by atoms with van der Waals surface area (Å²) in [4.78, 5) is 2.77. The zero-order valence-corrected chi connectivity index (χ0v) is 13.8. The van der Waals surface area contributed by atoms with Gasteiger partial charge in [-0.05, 0) is 76.1 Å². The van der Waals surface area contributed by atoms with Gasteiger partial charge >= 0.3 is 0 Å². The molecular weight excluding hydrogens is 242 g/mol. The van der Waals surface area contributed by atoms with Gasteiger partial charge in [0, 0.05) is 12.1 Å². The van der Waals surface area contributed by atoms with E-state index in [9.17, 15) is 0 Å². The van der Waals surface area contributed by atoms with Crippen molar-refractivity contribution in [2.75, 3.05) is 6.54 Å². The minimum absolute atomic E-state index is 0.791. The van der Waals surface area contributed by atoms with Gasteiger partial charge in [0.1, 0.15) is 0 Å². The van der Waals surface area contributed by atoms with E-state index in [1.54, 1.807) is 0 Å². The van der Waals surface area contributed by atoms with E-state index in [4.69, 9.17) is 0 Å². The van der Waals surface area contributed by atoms with Gasteiger partial charge in [-0.25, -0.2) is 0 Å². The molecule has 1 aromatic carbocycles. The first-order valence-corrected chi connectivity index (χ1v) is 8.43. The third-order valence-corrected chi connectivity index (χ3v) is 5.03. The maximum Gasteiger partial charge on any atom is 0.0101 e. The monoisotopic (exact) mass is 273 g/mol. The Morgan fingerprint density at radius 3 is 2.60 bits per heavy atom. The molecule has 1 nitrogen and oxygen atoms in total. The van der Waals surface area contributed by atoms with Crippen LogP contribution in [-0.2, 0) is 6.42 Å². The van der Waals surface area contributed by atoms with Gasteiger partial charge in [-0.2, -0.15) is 0 Å². The van der Waals surface area contributed by atoms with Crippen LogP contribution in [0.25, 0.3) is 0 Å². The smallest absolute Gasteiger partial charge is 0.0101 e. The largest absolute Gasteiger partial charge is 0.298 e. The minimum atomic E-state index is 0.791. The molecule has 0 N–H and O–H groups in total. The van der Waals surface area contributed by atoms with E-state index in [-0.39, 0.29) is 0 Å². The third-order valence-electron chi connectivity index (χ3n) is 5.03. The Bertz CT molecular complexity index is 424. The zero-order chi connectivity index (χ0) is 14.5. The molecule has 0 amide bonds. The predicted octanol–water partition coefficient (Wildman–Crippen LogP) is 4.89. The summed E-state index contributed by atoms with van der Waals surface area (Å²) in [6.07, 6.45) is 8.00. The van der Waals surface area contributed by atoms with E-state index < -0.39 is 0 Å². The van der Waals surface area contributed by atoms with Crippen LogP contribution in [0.1, 0.15) is 62.6 Å². The molecule has 0 aromatic heterocycles. The van der Waals surface area contributed by atoms with Crippen LogP contribution in [0.15, 0.2) is 18.2 Å². The van der Waals surface area contributed by atoms with Crippen LogP contribution in [0.4, 0.5) is 0 Å². The number of hydrogen-bond acceptors (Lipinski definition) is 1. The molecular formula is C19H31N. The first kappa shape index (κ1) is 15.6. The molecule has 20 heavy (non-hydrogen) atoms. The highest BCUT2D eigenvalue weighted by Gasteiger charge is 2.26. The van der Waals surface area contributed by atoms with Crippen LogP contribution < -0.4 is 0 Å². The first-order valence-electron chi connectivity index (χ1n) is 8.43. The van der Waals surface area contributed by atoms with Crippen LogP contribution in [-0.4, -0.2) is 23.5 Å². The quantitative estimate of drug-likeness (QED) is 0.713. The third kappa shape index (κ3) is 3.85. The van der Waals surface area contributed by atoms with E-state index in [1.807, 2.05) is 0 Å². The number of benzene rings is 1. The van der Waals surface area contributed by atoms with Crippen LogP contribution >= 0.6 is 0 Å². The van der Waals surface area contributed by atoms with E-state index in [0.29, 0.717) is 0 Å². The SMILES string of the molecule is CCCC(CCc1ccc(C)c(C)c1)N1CCCC1C. The highest BCUT2D eigenvalue weighted by atomic mass is 15.2. The highest BCUT2D eigenvalue weighted by Crippen LogP contribution is 2.25. The summed E-state index contributed by atoms with van der Waals surface area (Å²) in [6, 6.07) is 8.56. The molecule has 2 unspecified atom stereocenters. The topological polar surface area (TPSA) is 3.24 Å². The lowest BCUT2D eigenvalue weighted by Crippen LogP contribution is -2.37. The zero-order valence-electron chi connectivity index (χ0n) is 13.8. The summed E-state index contributed by atoms with van der Waals surface area (Å²) in [6.45, 7) is 10.5. The molecule has 1 aliphatic heterocycles. The molecule has 1 heterocycles. The fraction of sp³-hybridized carbons (Fsp3) is 0.684. The number of aryl methyl sites for hydroxylation is 3. The lowest BCUT2D eigenvalue weighted by atomic mass is 9.98. The predicted molar refractivity (Wildman–Crippen MR) is 88.3 cm³/mol. The van der Waals surface area contributed by atoms with Gasteiger partial charge in [0.2, 0.25) is 0 Å². The Hall–Kier alpha value is -0.820. The van der Waals surface area contributed by atoms with E-state index in [0.717, 1.165) is 12.1 Å². The van der Waals surface area contributed by atoms with Gasteiger partial charge in [-0.3, -0.25) is 4.90 Å². The standard InChI is InChI=1S/C19H31N/c1-5-7-19(20-13-6-8-17(20)4)12-11-18-10-9-15(2)16(3)14-18/h9-10,14,17,19H,5-8,11-13H2,1-4H3. The van der Waals surface area contributed by atoms with Gasteiger partial charge in [0.15, 0.2) is 0 Å². The highest BCUT2D eigenvalue weighted by molar-refractivity contribution is 5.30. The van der Waals surface area contributed by atoms with Crippen molar-refractivity contribution >= 4 is 0 Å². The Kier molecular flexibility index (Phi) is 5.65. The normalized spacial score (nSPS) is 21.3. The average molecular weight is 273 g/mol. The molecule has 112 valence electrons. The Labute approximate surface area is 125 Å². The number of nitrogens with zero attached hydrogens (tertiary/aromatic N) is 1. The summed E-state index contributed by atoms with van der Waals surface area (Å²) < 4.78 is 0. The van der Waals surface area contributed by atoms with E-state index in [1.165, 1.54) is 61.8 Å². The molecule has 1 saturated heterocycles. The van der Waals surface area contributed by atoms with Gasteiger partial charge in [0.05, 0.1) is 0 Å². The number of likely N-dealkylation sites (tertiary alicyclic amines) is 1. The number of hydrogen-bond donors (Lipinski definition) is 0. The molecule has 0 bridgehead atoms. The number of rotatable bonds is 6. The summed E-state index contributed by atoms with van der Waals surface area (Å²) in [7, 11) is 0. The molecule has 0 spiro atoms. The molecule has 0 radical (unpaired) electrons. The fourth-order valence-corrected chi connectivity index (χ4v) is 3.60. The van der Waals surface area contributed by atoms with Crippen molar-refractivity contribution < 1.29 is 0 Å². The van der Waals surface area contributed by atoms with Gasteiger partial charge in [-0.15, -0.1) is 0 Å². The molecule has 1 aliphatic rings. The maximum absolute atomic E-state index is 2.77. The second-order valence-corrected chi connectivity index (χ2v) is 6.63. The lowest BCUT2D eigenvalue weighted by molar-refractivity contribution is 0.170. The first-order chi connectivity index (χ1) is 9.61. The molecule has 0 aliphatic carbocycles. The van der Waals surface area contributed by atoms with Gasteiger partial charge in [0.25, 0.3) is 0 Å². The van der Waals surface area contributed by atoms with Crippen molar-refractivity contribution in [1.29, 1.82) is 0 Å². The average Bonchev–Trinajstić information content (AvgIpc) is 2.85. The van der Waals surface area contributed by atoms with Crippen molar-refractivity contribution in [1.82, 2.24) is 4.90 Å². The van der Waals surface area contributed by atoms with Crippen molar-refractivity contribution in [2.24, 2.45) is 0 Å². The second-order valence-electron chi connectivity index (χ2n) is 6.63. The molecule has 1 fully saturated rings. The molecule has 1 heteroatoms. The van der Waals surface area contributed by atoms with Crippen molar-refractivity contribution in [3.63, 3.8) is 0 Å². The van der Waals surface area contributed by atoms with Crippen LogP contribution in [0.2, 0.25) is 0 Å². The Morgan fingerprint density at radius 1 is 1.20 bits per heavy atom. The summed E-state index contributed by atoms with van der Waals surface area (Å²) in [5.74, 6) is 0. The van der Waals surface area contributed by atoms with E-state index >= 15 is 0 Å². The van der Waals surface area contributed by atoms with Crippen molar-refractivity contribution in [3.8, 4) is 0 Å². The van der Waals surface area contributed by atoms with Crippen LogP contribution in [0.5, 0.6) is 0 Å². The molecule has 0 saturated carbocycles. The van der Waals surface area contributed by atoms with Crippen LogP contribution in [0.3, 0.4) is 0 Å². The minimum Gasteiger partial charge on any atom is -0.298 e. The van der Waals surface area contributed by atoms with Gasteiger partial charge in [-0.1, -0.05) is 31.5 Å². The Morgan fingerprint density at radius 2 is 2.00 bits per heavy atom. The fourth-order valence-electron chi connectivity index (χ4n) is 3.60. The lowest BCUT2D eigenvalue weighted by Gasteiger charge is -2.31. The van der Waals surface area contributed by atoms with Crippen LogP contribution in [0, 0.1) is 13.8 Å². The maximum atomic E-state index is 2.77. The summed E-state index contributed by atoms with van der Waals surface area (Å²) in [5, 5.41) is 0. The van der Waals surface area contributed by atoms with Crippen molar-refractivity contribution in [3.05, 3.63) is 34.9 Å². The Balaban J connectivity index is 1.96. The van der Waals surface area contributed by atoms with Gasteiger partial charge < -0.3 is 0 Å². The van der Waals surface area contributed by atoms with E-state index in [2.05, 4.69) is 50.8 Å². The molecule has 2 rings (SSSR count). The summed E-state index contributed by atoms with van der Waals surface area (Å²) in [5.41, 5.74) is 4.36. The van der Waals surface area contributed by atoms with Crippen molar-refractivity contribution in [2.45, 2.75) is 78.3 Å². The summed E-state index contributed by atoms with van der Waals surface area (Å²) >= 11 is 0. The second kappa shape index (κ2) is 7.26.